The molecule has 0 amide bonds. The van der Waals surface area contributed by atoms with E-state index in [0.29, 0.717) is 12.8 Å². The fourth-order valence-corrected chi connectivity index (χ4v) is 2.77. The number of hydrogen-bond donors (Lipinski definition) is 2. The van der Waals surface area contributed by atoms with Gasteiger partial charge in [0.15, 0.2) is 0 Å². The molecular weight excluding hydrogens is 292 g/mol. The maximum Gasteiger partial charge on any atom is 0.305 e. The van der Waals surface area contributed by atoms with Gasteiger partial charge in [0.05, 0.1) is 19.3 Å². The molecule has 0 bridgehead atoms. The SMILES string of the molecule is CCCCC[C@@H](O)[C@H](O)CCCCCCCCCCC(=O)OC. The molecule has 23 heavy (non-hydrogen) atoms. The standard InChI is InChI=1S/C19H38O4/c1-3-4-11-14-17(20)18(21)15-12-9-7-5-6-8-10-13-16-19(22)23-2/h17-18,20-21H,3-16H2,1-2H3/t17-,18-/m1/s1. The Morgan fingerprint density at radius 3 is 1.70 bits per heavy atom. The van der Waals surface area contributed by atoms with Crippen molar-refractivity contribution in [2.45, 2.75) is 109 Å². The third kappa shape index (κ3) is 14.7. The summed E-state index contributed by atoms with van der Waals surface area (Å²) in [5.41, 5.74) is 0. The summed E-state index contributed by atoms with van der Waals surface area (Å²) in [5.74, 6) is -0.111. The molecule has 4 nitrogen and oxygen atoms in total. The molecule has 2 N–H and O–H groups in total. The van der Waals surface area contributed by atoms with Crippen molar-refractivity contribution in [2.24, 2.45) is 0 Å². The summed E-state index contributed by atoms with van der Waals surface area (Å²) < 4.78 is 4.61. The molecule has 0 aromatic heterocycles. The molecule has 0 spiro atoms. The highest BCUT2D eigenvalue weighted by Gasteiger charge is 2.14. The highest BCUT2D eigenvalue weighted by molar-refractivity contribution is 5.68. The fourth-order valence-electron chi connectivity index (χ4n) is 2.77. The molecule has 0 saturated carbocycles. The van der Waals surface area contributed by atoms with Crippen LogP contribution in [0.25, 0.3) is 0 Å². The highest BCUT2D eigenvalue weighted by atomic mass is 16.5. The van der Waals surface area contributed by atoms with Crippen LogP contribution in [0.3, 0.4) is 0 Å². The van der Waals surface area contributed by atoms with Gasteiger partial charge in [-0.25, -0.2) is 0 Å². The van der Waals surface area contributed by atoms with Crippen LogP contribution in [0.1, 0.15) is 96.8 Å². The van der Waals surface area contributed by atoms with Gasteiger partial charge in [0.25, 0.3) is 0 Å². The van der Waals surface area contributed by atoms with E-state index in [1.54, 1.807) is 0 Å². The lowest BCUT2D eigenvalue weighted by molar-refractivity contribution is -0.140. The molecule has 0 radical (unpaired) electrons. The number of ether oxygens (including phenoxy) is 1. The molecule has 4 heteroatoms. The first kappa shape index (κ1) is 22.4. The Morgan fingerprint density at radius 2 is 1.22 bits per heavy atom. The number of methoxy groups -OCH3 is 1. The minimum atomic E-state index is -0.551. The molecule has 0 saturated heterocycles. The van der Waals surface area contributed by atoms with E-state index in [9.17, 15) is 15.0 Å². The van der Waals surface area contributed by atoms with Crippen molar-refractivity contribution in [1.29, 1.82) is 0 Å². The summed E-state index contributed by atoms with van der Waals surface area (Å²) in [7, 11) is 1.43. The van der Waals surface area contributed by atoms with Crippen molar-refractivity contribution in [3.63, 3.8) is 0 Å². The van der Waals surface area contributed by atoms with Crippen molar-refractivity contribution in [3.8, 4) is 0 Å². The molecule has 138 valence electrons. The second-order valence-corrected chi connectivity index (χ2v) is 6.57. The Bertz CT molecular complexity index is 268. The Morgan fingerprint density at radius 1 is 0.783 bits per heavy atom. The largest absolute Gasteiger partial charge is 0.469 e. The van der Waals surface area contributed by atoms with E-state index < -0.39 is 12.2 Å². The smallest absolute Gasteiger partial charge is 0.305 e. The van der Waals surface area contributed by atoms with E-state index in [4.69, 9.17) is 0 Å². The molecule has 0 aromatic rings. The first-order valence-corrected chi connectivity index (χ1v) is 9.54. The van der Waals surface area contributed by atoms with Crippen LogP contribution in [0, 0.1) is 0 Å². The maximum absolute atomic E-state index is 10.9. The van der Waals surface area contributed by atoms with Crippen LogP contribution in [0.5, 0.6) is 0 Å². The average molecular weight is 331 g/mol. The molecule has 0 aromatic carbocycles. The third-order valence-electron chi connectivity index (χ3n) is 4.41. The molecular formula is C19H38O4. The van der Waals surface area contributed by atoms with Crippen LogP contribution < -0.4 is 0 Å². The second kappa shape index (κ2) is 16.3. The van der Waals surface area contributed by atoms with Crippen LogP contribution in [-0.4, -0.2) is 35.5 Å². The van der Waals surface area contributed by atoms with Gasteiger partial charge in [-0.15, -0.1) is 0 Å². The molecule has 0 rings (SSSR count). The molecule has 0 heterocycles. The van der Waals surface area contributed by atoms with Crippen LogP contribution in [0.15, 0.2) is 0 Å². The Balaban J connectivity index is 3.30. The van der Waals surface area contributed by atoms with Gasteiger partial charge >= 0.3 is 5.97 Å². The minimum absolute atomic E-state index is 0.111. The minimum Gasteiger partial charge on any atom is -0.469 e. The molecule has 0 aliphatic heterocycles. The summed E-state index contributed by atoms with van der Waals surface area (Å²) in [6, 6.07) is 0. The van der Waals surface area contributed by atoms with E-state index in [1.165, 1.54) is 32.8 Å². The summed E-state index contributed by atoms with van der Waals surface area (Å²) in [5, 5.41) is 19.7. The van der Waals surface area contributed by atoms with Crippen LogP contribution in [0.4, 0.5) is 0 Å². The maximum atomic E-state index is 10.9. The summed E-state index contributed by atoms with van der Waals surface area (Å²) in [6.07, 6.45) is 13.1. The Kier molecular flexibility index (Phi) is 15.8. The van der Waals surface area contributed by atoms with Crippen LogP contribution in [0.2, 0.25) is 0 Å². The van der Waals surface area contributed by atoms with E-state index in [2.05, 4.69) is 11.7 Å². The number of carbonyl (C=O) groups is 1. The van der Waals surface area contributed by atoms with Crippen LogP contribution >= 0.6 is 0 Å². The number of aliphatic hydroxyl groups excluding tert-OH is 2. The number of aliphatic hydroxyl groups is 2. The van der Waals surface area contributed by atoms with Crippen molar-refractivity contribution in [3.05, 3.63) is 0 Å². The topological polar surface area (TPSA) is 66.8 Å². The Hall–Kier alpha value is -0.610. The van der Waals surface area contributed by atoms with Crippen LogP contribution in [-0.2, 0) is 9.53 Å². The van der Waals surface area contributed by atoms with E-state index >= 15 is 0 Å². The Labute approximate surface area is 142 Å². The van der Waals surface area contributed by atoms with E-state index in [0.717, 1.165) is 51.4 Å². The zero-order valence-electron chi connectivity index (χ0n) is 15.3. The van der Waals surface area contributed by atoms with Gasteiger partial charge in [0, 0.05) is 6.42 Å². The van der Waals surface area contributed by atoms with Gasteiger partial charge < -0.3 is 14.9 Å². The number of carbonyl (C=O) groups excluding carboxylic acids is 1. The van der Waals surface area contributed by atoms with Crippen molar-refractivity contribution in [1.82, 2.24) is 0 Å². The molecule has 0 aliphatic carbocycles. The van der Waals surface area contributed by atoms with Gasteiger partial charge in [-0.05, 0) is 19.3 Å². The second-order valence-electron chi connectivity index (χ2n) is 6.57. The number of unbranched alkanes of at least 4 members (excludes halogenated alkanes) is 9. The highest BCUT2D eigenvalue weighted by Crippen LogP contribution is 2.14. The molecule has 0 aliphatic rings. The molecule has 0 fully saturated rings. The quantitative estimate of drug-likeness (QED) is 0.326. The first-order chi connectivity index (χ1) is 11.1. The molecule has 2 atom stereocenters. The van der Waals surface area contributed by atoms with E-state index in [-0.39, 0.29) is 5.97 Å². The zero-order valence-corrected chi connectivity index (χ0v) is 15.3. The lowest BCUT2D eigenvalue weighted by Crippen LogP contribution is -2.25. The predicted molar refractivity (Wildman–Crippen MR) is 94.3 cm³/mol. The molecule has 0 unspecified atom stereocenters. The summed E-state index contributed by atoms with van der Waals surface area (Å²) >= 11 is 0. The van der Waals surface area contributed by atoms with Crippen molar-refractivity contribution in [2.75, 3.05) is 7.11 Å². The van der Waals surface area contributed by atoms with E-state index in [1.807, 2.05) is 0 Å². The lowest BCUT2D eigenvalue weighted by Gasteiger charge is -2.17. The van der Waals surface area contributed by atoms with Gasteiger partial charge in [0.2, 0.25) is 0 Å². The van der Waals surface area contributed by atoms with Gasteiger partial charge in [-0.1, -0.05) is 71.1 Å². The normalized spacial score (nSPS) is 13.7. The predicted octanol–water partition coefficient (Wildman–Crippen LogP) is 4.36. The fraction of sp³-hybridized carbons (Fsp3) is 0.947. The number of rotatable bonds is 16. The summed E-state index contributed by atoms with van der Waals surface area (Å²) in [4.78, 5) is 10.9. The average Bonchev–Trinajstić information content (AvgIpc) is 2.56. The van der Waals surface area contributed by atoms with Gasteiger partial charge in [-0.3, -0.25) is 4.79 Å². The third-order valence-corrected chi connectivity index (χ3v) is 4.41. The van der Waals surface area contributed by atoms with Gasteiger partial charge in [-0.2, -0.15) is 0 Å². The summed E-state index contributed by atoms with van der Waals surface area (Å²) in [6.45, 7) is 2.14. The van der Waals surface area contributed by atoms with Crippen molar-refractivity contribution < 1.29 is 19.7 Å². The van der Waals surface area contributed by atoms with Gasteiger partial charge in [0.1, 0.15) is 0 Å². The first-order valence-electron chi connectivity index (χ1n) is 9.54. The monoisotopic (exact) mass is 330 g/mol. The zero-order chi connectivity index (χ0) is 17.3. The number of esters is 1. The lowest BCUT2D eigenvalue weighted by atomic mass is 10.00. The number of hydrogen-bond acceptors (Lipinski definition) is 4. The van der Waals surface area contributed by atoms with Crippen molar-refractivity contribution >= 4 is 5.97 Å².